The first kappa shape index (κ1) is 12.8. The summed E-state index contributed by atoms with van der Waals surface area (Å²) in [4.78, 5) is 0. The fourth-order valence-corrected chi connectivity index (χ4v) is 3.03. The molecule has 1 saturated carbocycles. The van der Waals surface area contributed by atoms with E-state index in [-0.39, 0.29) is 0 Å². The van der Waals surface area contributed by atoms with Gasteiger partial charge in [-0.25, -0.2) is 0 Å². The third kappa shape index (κ3) is 3.41. The van der Waals surface area contributed by atoms with Crippen molar-refractivity contribution in [2.45, 2.75) is 64.8 Å². The minimum atomic E-state index is 0.787. The van der Waals surface area contributed by atoms with Crippen molar-refractivity contribution in [3.63, 3.8) is 0 Å². The zero-order valence-corrected chi connectivity index (χ0v) is 11.6. The Kier molecular flexibility index (Phi) is 4.77. The molecule has 1 aromatic rings. The number of hydrogen-bond acceptors (Lipinski definition) is 2. The zero-order chi connectivity index (χ0) is 12.1. The Balaban J connectivity index is 2.04. The lowest BCUT2D eigenvalue weighted by Crippen LogP contribution is -2.10. The Labute approximate surface area is 109 Å². The van der Waals surface area contributed by atoms with Gasteiger partial charge >= 0.3 is 0 Å². The maximum absolute atomic E-state index is 5.28. The second kappa shape index (κ2) is 6.34. The molecule has 0 aromatic carbocycles. The van der Waals surface area contributed by atoms with E-state index < -0.39 is 0 Å². The molecular formula is C13H23N3S. The summed E-state index contributed by atoms with van der Waals surface area (Å²) in [5.74, 6) is 1.99. The van der Waals surface area contributed by atoms with Gasteiger partial charge in [0.2, 0.25) is 0 Å². The van der Waals surface area contributed by atoms with Gasteiger partial charge in [-0.05, 0) is 24.6 Å². The number of aromatic nitrogens is 3. The van der Waals surface area contributed by atoms with Crippen LogP contribution in [0.25, 0.3) is 0 Å². The van der Waals surface area contributed by atoms with Gasteiger partial charge in [0.1, 0.15) is 5.82 Å². The summed E-state index contributed by atoms with van der Waals surface area (Å²) in [6.45, 7) is 3.18. The summed E-state index contributed by atoms with van der Waals surface area (Å²) >= 11 is 5.28. The van der Waals surface area contributed by atoms with Crippen LogP contribution in [0.4, 0.5) is 0 Å². The van der Waals surface area contributed by atoms with E-state index in [0.29, 0.717) is 0 Å². The lowest BCUT2D eigenvalue weighted by molar-refractivity contribution is 0.436. The maximum atomic E-state index is 5.28. The molecule has 0 saturated heterocycles. The molecule has 0 radical (unpaired) electrons. The number of H-pyrrole nitrogens is 1. The predicted octanol–water partition coefficient (Wildman–Crippen LogP) is 3.86. The summed E-state index contributed by atoms with van der Waals surface area (Å²) in [6.07, 6.45) is 10.6. The van der Waals surface area contributed by atoms with Crippen LogP contribution in [0.1, 0.15) is 57.7 Å². The molecule has 0 aliphatic heterocycles. The van der Waals surface area contributed by atoms with Gasteiger partial charge < -0.3 is 4.57 Å². The van der Waals surface area contributed by atoms with Crippen molar-refractivity contribution in [3.8, 4) is 0 Å². The summed E-state index contributed by atoms with van der Waals surface area (Å²) in [5, 5.41) is 7.35. The first-order valence-corrected chi connectivity index (χ1v) is 7.36. The molecule has 1 aromatic heterocycles. The van der Waals surface area contributed by atoms with Crippen molar-refractivity contribution in [2.24, 2.45) is 5.92 Å². The van der Waals surface area contributed by atoms with Crippen molar-refractivity contribution in [3.05, 3.63) is 10.6 Å². The maximum Gasteiger partial charge on any atom is 0.195 e. The van der Waals surface area contributed by atoms with Gasteiger partial charge in [0.25, 0.3) is 0 Å². The molecule has 4 heteroatoms. The van der Waals surface area contributed by atoms with Crippen molar-refractivity contribution in [2.75, 3.05) is 0 Å². The van der Waals surface area contributed by atoms with E-state index in [4.69, 9.17) is 12.2 Å². The highest BCUT2D eigenvalue weighted by molar-refractivity contribution is 7.71. The molecule has 0 unspecified atom stereocenters. The third-order valence-electron chi connectivity index (χ3n) is 3.73. The third-order valence-corrected chi connectivity index (χ3v) is 4.04. The van der Waals surface area contributed by atoms with Crippen LogP contribution in [-0.4, -0.2) is 14.8 Å². The normalized spacial score (nSPS) is 18.2. The lowest BCUT2D eigenvalue weighted by atomic mass is 9.96. The minimum absolute atomic E-state index is 0.787. The van der Waals surface area contributed by atoms with E-state index in [1.54, 1.807) is 0 Å². The molecule has 1 aliphatic carbocycles. The Bertz CT molecular complexity index is 386. The molecule has 0 spiro atoms. The monoisotopic (exact) mass is 253 g/mol. The van der Waals surface area contributed by atoms with Crippen LogP contribution in [0.3, 0.4) is 0 Å². The van der Waals surface area contributed by atoms with Crippen LogP contribution < -0.4 is 0 Å². The average Bonchev–Trinajstić information content (AvgIpc) is 2.57. The quantitative estimate of drug-likeness (QED) is 0.653. The molecule has 1 N–H and O–H groups in total. The van der Waals surface area contributed by atoms with Crippen molar-refractivity contribution >= 4 is 12.2 Å². The molecule has 1 fully saturated rings. The Hall–Kier alpha value is -0.640. The van der Waals surface area contributed by atoms with Crippen LogP contribution in [0, 0.1) is 10.7 Å². The average molecular weight is 253 g/mol. The molecule has 0 bridgehead atoms. The van der Waals surface area contributed by atoms with E-state index >= 15 is 0 Å². The minimum Gasteiger partial charge on any atom is -0.304 e. The summed E-state index contributed by atoms with van der Waals surface area (Å²) in [6, 6.07) is 0. The van der Waals surface area contributed by atoms with Crippen molar-refractivity contribution in [1.29, 1.82) is 0 Å². The predicted molar refractivity (Wildman–Crippen MR) is 72.6 cm³/mol. The Morgan fingerprint density at radius 2 is 2.00 bits per heavy atom. The number of hydrogen-bond donors (Lipinski definition) is 1. The molecule has 17 heavy (non-hydrogen) atoms. The first-order valence-electron chi connectivity index (χ1n) is 6.95. The second-order valence-electron chi connectivity index (χ2n) is 5.16. The van der Waals surface area contributed by atoms with Crippen LogP contribution >= 0.6 is 12.2 Å². The van der Waals surface area contributed by atoms with Crippen molar-refractivity contribution in [1.82, 2.24) is 14.8 Å². The summed E-state index contributed by atoms with van der Waals surface area (Å²) in [5.41, 5.74) is 0. The van der Waals surface area contributed by atoms with Gasteiger partial charge in [0, 0.05) is 13.0 Å². The Morgan fingerprint density at radius 3 is 2.65 bits per heavy atom. The van der Waals surface area contributed by atoms with Crippen LogP contribution in [0.15, 0.2) is 0 Å². The number of nitrogens with one attached hydrogen (secondary N) is 1. The SMILES string of the molecule is CCCn1c(CC2CCCCCC2)n[nH]c1=S. The number of nitrogens with zero attached hydrogens (tertiary/aromatic N) is 2. The summed E-state index contributed by atoms with van der Waals surface area (Å²) in [7, 11) is 0. The van der Waals surface area contributed by atoms with Crippen LogP contribution in [-0.2, 0) is 13.0 Å². The zero-order valence-electron chi connectivity index (χ0n) is 10.7. The molecule has 96 valence electrons. The highest BCUT2D eigenvalue weighted by Gasteiger charge is 2.16. The highest BCUT2D eigenvalue weighted by atomic mass is 32.1. The van der Waals surface area contributed by atoms with Gasteiger partial charge in [0.05, 0.1) is 0 Å². The lowest BCUT2D eigenvalue weighted by Gasteiger charge is -2.13. The van der Waals surface area contributed by atoms with Gasteiger partial charge in [-0.3, -0.25) is 5.10 Å². The molecule has 0 amide bonds. The van der Waals surface area contributed by atoms with Gasteiger partial charge in [0.15, 0.2) is 4.77 Å². The smallest absolute Gasteiger partial charge is 0.195 e. The van der Waals surface area contributed by atoms with E-state index in [9.17, 15) is 0 Å². The van der Waals surface area contributed by atoms with Crippen LogP contribution in [0.5, 0.6) is 0 Å². The molecule has 0 atom stereocenters. The number of rotatable bonds is 4. The fourth-order valence-electron chi connectivity index (χ4n) is 2.79. The van der Waals surface area contributed by atoms with Gasteiger partial charge in [-0.2, -0.15) is 5.10 Å². The Morgan fingerprint density at radius 1 is 1.29 bits per heavy atom. The van der Waals surface area contributed by atoms with E-state index in [0.717, 1.165) is 30.1 Å². The van der Waals surface area contributed by atoms with E-state index in [2.05, 4.69) is 21.7 Å². The first-order chi connectivity index (χ1) is 8.31. The van der Waals surface area contributed by atoms with Crippen LogP contribution in [0.2, 0.25) is 0 Å². The standard InChI is InChI=1S/C13H23N3S/c1-2-9-16-12(14-15-13(16)17)10-11-7-5-3-4-6-8-11/h11H,2-10H2,1H3,(H,15,17). The highest BCUT2D eigenvalue weighted by Crippen LogP contribution is 2.25. The number of aromatic amines is 1. The second-order valence-corrected chi connectivity index (χ2v) is 5.55. The molecule has 1 heterocycles. The van der Waals surface area contributed by atoms with Gasteiger partial charge in [-0.15, -0.1) is 0 Å². The fraction of sp³-hybridized carbons (Fsp3) is 0.846. The summed E-state index contributed by atoms with van der Waals surface area (Å²) < 4.78 is 2.97. The van der Waals surface area contributed by atoms with Gasteiger partial charge in [-0.1, -0.05) is 45.4 Å². The molecule has 2 rings (SSSR count). The molecular weight excluding hydrogens is 230 g/mol. The van der Waals surface area contributed by atoms with E-state index in [1.165, 1.54) is 44.3 Å². The largest absolute Gasteiger partial charge is 0.304 e. The molecule has 3 nitrogen and oxygen atoms in total. The van der Waals surface area contributed by atoms with E-state index in [1.807, 2.05) is 0 Å². The van der Waals surface area contributed by atoms with Crippen molar-refractivity contribution < 1.29 is 0 Å². The molecule has 1 aliphatic rings. The topological polar surface area (TPSA) is 33.6 Å².